The van der Waals surface area contributed by atoms with E-state index in [0.29, 0.717) is 0 Å². The first kappa shape index (κ1) is 12.0. The number of nitrogens with two attached hydrogens (primary N) is 1. The van der Waals surface area contributed by atoms with E-state index in [1.807, 2.05) is 26.0 Å². The summed E-state index contributed by atoms with van der Waals surface area (Å²) in [6, 6.07) is 3.57. The van der Waals surface area contributed by atoms with Crippen LogP contribution in [-0.2, 0) is 0 Å². The fourth-order valence-electron chi connectivity index (χ4n) is 1.78. The first-order valence-corrected chi connectivity index (χ1v) is 5.06. The summed E-state index contributed by atoms with van der Waals surface area (Å²) < 4.78 is 5.26. The molecule has 3 heteroatoms. The number of rotatable bonds is 3. The predicted molar refractivity (Wildman–Crippen MR) is 61.1 cm³/mol. The fraction of sp³-hybridized carbons (Fsp3) is 0.500. The summed E-state index contributed by atoms with van der Waals surface area (Å²) in [7, 11) is 1.65. The molecule has 0 heterocycles. The summed E-state index contributed by atoms with van der Waals surface area (Å²) in [4.78, 5) is 0. The zero-order chi connectivity index (χ0) is 11.6. The summed E-state index contributed by atoms with van der Waals surface area (Å²) in [5, 5.41) is 9.84. The van der Waals surface area contributed by atoms with Gasteiger partial charge in [0.1, 0.15) is 5.75 Å². The number of aryl methyl sites for hydroxylation is 2. The molecule has 0 amide bonds. The molecule has 0 saturated heterocycles. The van der Waals surface area contributed by atoms with E-state index in [9.17, 15) is 5.11 Å². The Kier molecular flexibility index (Phi) is 3.72. The minimum absolute atomic E-state index is 0.266. The Morgan fingerprint density at radius 3 is 2.07 bits per heavy atom. The van der Waals surface area contributed by atoms with Crippen molar-refractivity contribution in [3.05, 3.63) is 28.8 Å². The summed E-state index contributed by atoms with van der Waals surface area (Å²) in [5.41, 5.74) is 8.55. The van der Waals surface area contributed by atoms with E-state index in [2.05, 4.69) is 0 Å². The lowest BCUT2D eigenvalue weighted by atomic mass is 9.98. The van der Waals surface area contributed by atoms with Crippen molar-refractivity contribution in [1.29, 1.82) is 0 Å². The number of aliphatic hydroxyl groups is 1. The first-order chi connectivity index (χ1) is 6.97. The van der Waals surface area contributed by atoms with E-state index >= 15 is 0 Å². The van der Waals surface area contributed by atoms with Crippen LogP contribution in [-0.4, -0.2) is 18.3 Å². The van der Waals surface area contributed by atoms with E-state index in [4.69, 9.17) is 10.5 Å². The van der Waals surface area contributed by atoms with E-state index in [1.165, 1.54) is 0 Å². The Hall–Kier alpha value is -1.06. The van der Waals surface area contributed by atoms with Gasteiger partial charge in [0.2, 0.25) is 0 Å². The van der Waals surface area contributed by atoms with Gasteiger partial charge in [-0.05, 0) is 49.6 Å². The van der Waals surface area contributed by atoms with Gasteiger partial charge in [-0.3, -0.25) is 0 Å². The van der Waals surface area contributed by atoms with Crippen LogP contribution in [0.3, 0.4) is 0 Å². The Morgan fingerprint density at radius 2 is 1.73 bits per heavy atom. The molecule has 0 saturated carbocycles. The molecule has 3 N–H and O–H groups in total. The maximum Gasteiger partial charge on any atom is 0.124 e. The molecule has 1 rings (SSSR count). The molecule has 15 heavy (non-hydrogen) atoms. The molecule has 84 valence electrons. The average molecular weight is 209 g/mol. The molecule has 0 fully saturated rings. The third kappa shape index (κ3) is 2.49. The number of hydrogen-bond acceptors (Lipinski definition) is 3. The van der Waals surface area contributed by atoms with Crippen molar-refractivity contribution >= 4 is 0 Å². The standard InChI is InChI=1S/C12H19NO2/c1-7-5-10(11(14)9(3)13)6-8(2)12(7)15-4/h5-6,9,11,14H,13H2,1-4H3/t9-,11-/m1/s1. The van der Waals surface area contributed by atoms with Gasteiger partial charge in [-0.2, -0.15) is 0 Å². The SMILES string of the molecule is COc1c(C)cc([C@H](O)[C@@H](C)N)cc1C. The lowest BCUT2D eigenvalue weighted by molar-refractivity contribution is 0.153. The van der Waals surface area contributed by atoms with E-state index < -0.39 is 6.10 Å². The Morgan fingerprint density at radius 1 is 1.27 bits per heavy atom. The summed E-state index contributed by atoms with van der Waals surface area (Å²) in [5.74, 6) is 0.871. The molecule has 0 aliphatic heterocycles. The Labute approximate surface area is 90.9 Å². The van der Waals surface area contributed by atoms with Gasteiger partial charge in [0.25, 0.3) is 0 Å². The van der Waals surface area contributed by atoms with Crippen molar-refractivity contribution in [1.82, 2.24) is 0 Å². The highest BCUT2D eigenvalue weighted by molar-refractivity contribution is 5.44. The van der Waals surface area contributed by atoms with Crippen LogP contribution in [0.5, 0.6) is 5.75 Å². The average Bonchev–Trinajstić information content (AvgIpc) is 2.15. The van der Waals surface area contributed by atoms with Gasteiger partial charge in [0.05, 0.1) is 13.2 Å². The van der Waals surface area contributed by atoms with Crippen LogP contribution in [0.25, 0.3) is 0 Å². The molecule has 1 aromatic carbocycles. The molecule has 0 bridgehead atoms. The normalized spacial score (nSPS) is 14.8. The molecule has 0 radical (unpaired) electrons. The van der Waals surface area contributed by atoms with Crippen molar-refractivity contribution in [3.8, 4) is 5.75 Å². The summed E-state index contributed by atoms with van der Waals surface area (Å²) in [6.07, 6.45) is -0.617. The third-order valence-corrected chi connectivity index (χ3v) is 2.53. The minimum Gasteiger partial charge on any atom is -0.496 e. The molecule has 0 aliphatic carbocycles. The lowest BCUT2D eigenvalue weighted by Gasteiger charge is -2.18. The van der Waals surface area contributed by atoms with Crippen LogP contribution in [0.4, 0.5) is 0 Å². The maximum absolute atomic E-state index is 9.84. The van der Waals surface area contributed by atoms with Crippen molar-refractivity contribution < 1.29 is 9.84 Å². The van der Waals surface area contributed by atoms with Crippen LogP contribution in [0.15, 0.2) is 12.1 Å². The van der Waals surface area contributed by atoms with Crippen LogP contribution < -0.4 is 10.5 Å². The molecule has 0 spiro atoms. The predicted octanol–water partition coefficient (Wildman–Crippen LogP) is 1.69. The van der Waals surface area contributed by atoms with Gasteiger partial charge in [-0.25, -0.2) is 0 Å². The monoisotopic (exact) mass is 209 g/mol. The number of ether oxygens (including phenoxy) is 1. The highest BCUT2D eigenvalue weighted by Crippen LogP contribution is 2.27. The number of methoxy groups -OCH3 is 1. The second kappa shape index (κ2) is 4.64. The Bertz CT molecular complexity index is 324. The highest BCUT2D eigenvalue weighted by atomic mass is 16.5. The smallest absolute Gasteiger partial charge is 0.124 e. The topological polar surface area (TPSA) is 55.5 Å². The van der Waals surface area contributed by atoms with Gasteiger partial charge >= 0.3 is 0 Å². The number of hydrogen-bond donors (Lipinski definition) is 2. The van der Waals surface area contributed by atoms with Gasteiger partial charge in [-0.15, -0.1) is 0 Å². The summed E-state index contributed by atoms with van der Waals surface area (Å²) >= 11 is 0. The molecule has 0 aromatic heterocycles. The van der Waals surface area contributed by atoms with E-state index in [-0.39, 0.29) is 6.04 Å². The molecule has 3 nitrogen and oxygen atoms in total. The number of aliphatic hydroxyl groups excluding tert-OH is 1. The van der Waals surface area contributed by atoms with Crippen molar-refractivity contribution in [3.63, 3.8) is 0 Å². The zero-order valence-corrected chi connectivity index (χ0v) is 9.74. The van der Waals surface area contributed by atoms with Crippen molar-refractivity contribution in [2.45, 2.75) is 32.9 Å². The largest absolute Gasteiger partial charge is 0.496 e. The molecular formula is C12H19NO2. The molecule has 2 atom stereocenters. The quantitative estimate of drug-likeness (QED) is 0.796. The van der Waals surface area contributed by atoms with Gasteiger partial charge < -0.3 is 15.6 Å². The van der Waals surface area contributed by atoms with Crippen molar-refractivity contribution in [2.24, 2.45) is 5.73 Å². The maximum atomic E-state index is 9.84. The van der Waals surface area contributed by atoms with E-state index in [0.717, 1.165) is 22.4 Å². The van der Waals surface area contributed by atoms with Crippen LogP contribution in [0.1, 0.15) is 29.7 Å². The minimum atomic E-state index is -0.617. The van der Waals surface area contributed by atoms with E-state index in [1.54, 1.807) is 14.0 Å². The van der Waals surface area contributed by atoms with Crippen LogP contribution >= 0.6 is 0 Å². The molecular weight excluding hydrogens is 190 g/mol. The molecule has 0 aliphatic rings. The first-order valence-electron chi connectivity index (χ1n) is 5.06. The Balaban J connectivity index is 3.14. The second-order valence-electron chi connectivity index (χ2n) is 3.99. The van der Waals surface area contributed by atoms with Gasteiger partial charge in [-0.1, -0.05) is 0 Å². The van der Waals surface area contributed by atoms with Crippen molar-refractivity contribution in [2.75, 3.05) is 7.11 Å². The van der Waals surface area contributed by atoms with Crippen LogP contribution in [0, 0.1) is 13.8 Å². The lowest BCUT2D eigenvalue weighted by Crippen LogP contribution is -2.24. The van der Waals surface area contributed by atoms with Gasteiger partial charge in [0, 0.05) is 6.04 Å². The molecule has 0 unspecified atom stereocenters. The van der Waals surface area contributed by atoms with Gasteiger partial charge in [0.15, 0.2) is 0 Å². The van der Waals surface area contributed by atoms with Crippen LogP contribution in [0.2, 0.25) is 0 Å². The molecule has 1 aromatic rings. The second-order valence-corrected chi connectivity index (χ2v) is 3.99. The zero-order valence-electron chi connectivity index (χ0n) is 9.74. The fourth-order valence-corrected chi connectivity index (χ4v) is 1.78. The third-order valence-electron chi connectivity index (χ3n) is 2.53. The highest BCUT2D eigenvalue weighted by Gasteiger charge is 2.15. The summed E-state index contributed by atoms with van der Waals surface area (Å²) in [6.45, 7) is 5.71. The number of benzene rings is 1.